The predicted molar refractivity (Wildman–Crippen MR) is 133 cm³/mol. The van der Waals surface area contributed by atoms with Gasteiger partial charge in [-0.1, -0.05) is 79.1 Å². The quantitative estimate of drug-likeness (QED) is 0.256. The Morgan fingerprint density at radius 3 is 2.56 bits per heavy atom. The van der Waals surface area contributed by atoms with E-state index in [0.29, 0.717) is 28.8 Å². The monoisotopic (exact) mass is 490 g/mol. The topological polar surface area (TPSA) is 59.8 Å². The van der Waals surface area contributed by atoms with Gasteiger partial charge in [0.2, 0.25) is 5.91 Å². The minimum absolute atomic E-state index is 0.118. The second-order valence-corrected chi connectivity index (χ2v) is 9.87. The third-order valence-electron chi connectivity index (χ3n) is 4.80. The van der Waals surface area contributed by atoms with Gasteiger partial charge in [-0.15, -0.1) is 10.2 Å². The normalized spacial score (nSPS) is 11.2. The minimum Gasteiger partial charge on any atom is -0.356 e. The number of carbonyl (C=O) groups is 1. The number of halogens is 2. The van der Waals surface area contributed by atoms with Crippen LogP contribution < -0.4 is 5.32 Å². The molecule has 1 aromatic heterocycles. The smallest absolute Gasteiger partial charge is 0.220 e. The van der Waals surface area contributed by atoms with Crippen molar-refractivity contribution >= 4 is 40.9 Å². The largest absolute Gasteiger partial charge is 0.356 e. The summed E-state index contributed by atoms with van der Waals surface area (Å²) < 4.78 is 2.04. The Kier molecular flexibility index (Phi) is 9.45. The Morgan fingerprint density at radius 2 is 1.84 bits per heavy atom. The number of unbranched alkanes of at least 4 members (excludes halogenated alkanes) is 1. The molecule has 0 aliphatic rings. The number of rotatable bonds is 11. The first-order valence-corrected chi connectivity index (χ1v) is 12.5. The second-order valence-electron chi connectivity index (χ2n) is 8.00. The van der Waals surface area contributed by atoms with Crippen molar-refractivity contribution in [3.8, 4) is 5.69 Å². The summed E-state index contributed by atoms with van der Waals surface area (Å²) in [5.74, 6) is 2.27. The summed E-state index contributed by atoms with van der Waals surface area (Å²) in [7, 11) is 0. The molecule has 0 radical (unpaired) electrons. The average molecular weight is 491 g/mol. The third-order valence-corrected chi connectivity index (χ3v) is 6.56. The van der Waals surface area contributed by atoms with Crippen LogP contribution in [0.4, 0.5) is 0 Å². The standard InChI is InChI=1S/C24H28Cl2N4OS/c1-17(2)16-27-23(31)10-6-7-13-32-24-29-28-22(14-18-8-4-3-5-9-18)30(24)19-11-12-20(25)21(26)15-19/h3-5,8-9,11-12,15,17H,6-7,10,13-14,16H2,1-2H3,(H,27,31). The van der Waals surface area contributed by atoms with Crippen LogP contribution in [0.5, 0.6) is 0 Å². The van der Waals surface area contributed by atoms with Gasteiger partial charge in [-0.2, -0.15) is 0 Å². The third kappa shape index (κ3) is 7.26. The molecule has 0 saturated heterocycles. The summed E-state index contributed by atoms with van der Waals surface area (Å²) in [6.45, 7) is 4.91. The molecular weight excluding hydrogens is 463 g/mol. The Bertz CT molecular complexity index is 1020. The van der Waals surface area contributed by atoms with Crippen LogP contribution in [-0.4, -0.2) is 33.0 Å². The minimum atomic E-state index is 0.118. The number of nitrogens with zero attached hydrogens (tertiary/aromatic N) is 3. The molecule has 2 aromatic carbocycles. The first-order chi connectivity index (χ1) is 15.4. The van der Waals surface area contributed by atoms with E-state index in [1.54, 1.807) is 17.8 Å². The first-order valence-electron chi connectivity index (χ1n) is 10.8. The fraction of sp³-hybridized carbons (Fsp3) is 0.375. The lowest BCUT2D eigenvalue weighted by Crippen LogP contribution is -2.26. The Hall–Kier alpha value is -2.02. The van der Waals surface area contributed by atoms with Gasteiger partial charge in [-0.05, 0) is 42.5 Å². The molecule has 3 aromatic rings. The van der Waals surface area contributed by atoms with Crippen LogP contribution >= 0.6 is 35.0 Å². The summed E-state index contributed by atoms with van der Waals surface area (Å²) >= 11 is 14.0. The van der Waals surface area contributed by atoms with E-state index in [1.165, 1.54) is 0 Å². The van der Waals surface area contributed by atoms with Crippen LogP contribution in [-0.2, 0) is 11.2 Å². The summed E-state index contributed by atoms with van der Waals surface area (Å²) in [5, 5.41) is 13.7. The number of aromatic nitrogens is 3. The number of hydrogen-bond donors (Lipinski definition) is 1. The highest BCUT2D eigenvalue weighted by Crippen LogP contribution is 2.29. The zero-order valence-corrected chi connectivity index (χ0v) is 20.7. The number of carbonyl (C=O) groups excluding carboxylic acids is 1. The molecule has 1 amide bonds. The van der Waals surface area contributed by atoms with E-state index in [9.17, 15) is 4.79 Å². The maximum absolute atomic E-state index is 11.9. The van der Waals surface area contributed by atoms with Crippen molar-refractivity contribution in [2.24, 2.45) is 5.92 Å². The van der Waals surface area contributed by atoms with Crippen molar-refractivity contribution in [3.05, 3.63) is 70.0 Å². The highest BCUT2D eigenvalue weighted by Gasteiger charge is 2.16. The van der Waals surface area contributed by atoms with Crippen LogP contribution in [0.3, 0.4) is 0 Å². The van der Waals surface area contributed by atoms with E-state index >= 15 is 0 Å². The number of amides is 1. The molecule has 32 heavy (non-hydrogen) atoms. The average Bonchev–Trinajstić information content (AvgIpc) is 3.17. The molecule has 8 heteroatoms. The van der Waals surface area contributed by atoms with Crippen LogP contribution in [0.15, 0.2) is 53.7 Å². The fourth-order valence-electron chi connectivity index (χ4n) is 3.13. The molecule has 170 valence electrons. The van der Waals surface area contributed by atoms with E-state index in [-0.39, 0.29) is 5.91 Å². The van der Waals surface area contributed by atoms with Gasteiger partial charge in [0, 0.05) is 25.1 Å². The molecular formula is C24H28Cl2N4OS. The van der Waals surface area contributed by atoms with Crippen molar-refractivity contribution in [2.45, 2.75) is 44.7 Å². The van der Waals surface area contributed by atoms with E-state index in [2.05, 4.69) is 41.5 Å². The van der Waals surface area contributed by atoms with Gasteiger partial charge >= 0.3 is 0 Å². The number of hydrogen-bond acceptors (Lipinski definition) is 4. The molecule has 0 spiro atoms. The Balaban J connectivity index is 1.67. The molecule has 0 saturated carbocycles. The summed E-state index contributed by atoms with van der Waals surface area (Å²) in [6.07, 6.45) is 2.97. The molecule has 0 fully saturated rings. The predicted octanol–water partition coefficient (Wildman–Crippen LogP) is 6.20. The van der Waals surface area contributed by atoms with Crippen LogP contribution in [0.25, 0.3) is 5.69 Å². The summed E-state index contributed by atoms with van der Waals surface area (Å²) in [4.78, 5) is 11.9. The molecule has 3 rings (SSSR count). The van der Waals surface area contributed by atoms with E-state index in [1.807, 2.05) is 34.9 Å². The summed E-state index contributed by atoms with van der Waals surface area (Å²) in [5.41, 5.74) is 2.04. The maximum atomic E-state index is 11.9. The van der Waals surface area contributed by atoms with Crippen molar-refractivity contribution in [3.63, 3.8) is 0 Å². The molecule has 0 bridgehead atoms. The SMILES string of the molecule is CC(C)CNC(=O)CCCCSc1nnc(Cc2ccccc2)n1-c1ccc(Cl)c(Cl)c1. The zero-order chi connectivity index (χ0) is 22.9. The lowest BCUT2D eigenvalue weighted by Gasteiger charge is -2.11. The van der Waals surface area contributed by atoms with Crippen LogP contribution in [0, 0.1) is 5.92 Å². The number of benzene rings is 2. The highest BCUT2D eigenvalue weighted by molar-refractivity contribution is 7.99. The van der Waals surface area contributed by atoms with Gasteiger partial charge in [-0.25, -0.2) is 0 Å². The van der Waals surface area contributed by atoms with Crippen molar-refractivity contribution in [1.29, 1.82) is 0 Å². The van der Waals surface area contributed by atoms with E-state index < -0.39 is 0 Å². The second kappa shape index (κ2) is 12.3. The zero-order valence-electron chi connectivity index (χ0n) is 18.4. The number of nitrogens with one attached hydrogen (secondary N) is 1. The van der Waals surface area contributed by atoms with Gasteiger partial charge in [0.1, 0.15) is 5.82 Å². The molecule has 0 aliphatic carbocycles. The maximum Gasteiger partial charge on any atom is 0.220 e. The van der Waals surface area contributed by atoms with Crippen LogP contribution in [0.1, 0.15) is 44.5 Å². The highest BCUT2D eigenvalue weighted by atomic mass is 35.5. The Labute approximate surface area is 203 Å². The lowest BCUT2D eigenvalue weighted by molar-refractivity contribution is -0.121. The molecule has 1 heterocycles. The summed E-state index contributed by atoms with van der Waals surface area (Å²) in [6, 6.07) is 15.7. The van der Waals surface area contributed by atoms with Gasteiger partial charge in [0.05, 0.1) is 15.7 Å². The first kappa shape index (κ1) is 24.6. The number of thioether (sulfide) groups is 1. The van der Waals surface area contributed by atoms with Crippen LogP contribution in [0.2, 0.25) is 10.0 Å². The molecule has 1 N–H and O–H groups in total. The van der Waals surface area contributed by atoms with Gasteiger partial charge in [0.25, 0.3) is 0 Å². The van der Waals surface area contributed by atoms with Gasteiger partial charge in [-0.3, -0.25) is 9.36 Å². The lowest BCUT2D eigenvalue weighted by atomic mass is 10.1. The molecule has 0 unspecified atom stereocenters. The van der Waals surface area contributed by atoms with Crippen molar-refractivity contribution < 1.29 is 4.79 Å². The van der Waals surface area contributed by atoms with Crippen molar-refractivity contribution in [2.75, 3.05) is 12.3 Å². The van der Waals surface area contributed by atoms with Gasteiger partial charge < -0.3 is 5.32 Å². The van der Waals surface area contributed by atoms with Gasteiger partial charge in [0.15, 0.2) is 5.16 Å². The molecule has 0 atom stereocenters. The van der Waals surface area contributed by atoms with E-state index in [0.717, 1.165) is 47.4 Å². The van der Waals surface area contributed by atoms with Crippen molar-refractivity contribution in [1.82, 2.24) is 20.1 Å². The Morgan fingerprint density at radius 1 is 1.06 bits per heavy atom. The molecule has 5 nitrogen and oxygen atoms in total. The molecule has 0 aliphatic heterocycles. The fourth-order valence-corrected chi connectivity index (χ4v) is 4.39. The van der Waals surface area contributed by atoms with E-state index in [4.69, 9.17) is 23.2 Å².